The molecule has 5 N–H and O–H groups in total. The molecular weight excluding hydrogens is 1770 g/mol. The van der Waals surface area contributed by atoms with E-state index in [2.05, 4.69) is 108 Å². The fraction of sp³-hybridized carbons (Fsp3) is 0.390. The van der Waals surface area contributed by atoms with Gasteiger partial charge in [0.25, 0.3) is 0 Å². The molecule has 20 rings (SSSR count). The van der Waals surface area contributed by atoms with Crippen molar-refractivity contribution in [2.24, 2.45) is 0 Å². The fourth-order valence-electron chi connectivity index (χ4n) is 15.2. The maximum atomic E-state index is 13.2. The van der Waals surface area contributed by atoms with Crippen molar-refractivity contribution >= 4 is 101 Å². The highest BCUT2D eigenvalue weighted by Crippen LogP contribution is 2.56. The molecule has 4 atom stereocenters. The number of amides is 4. The number of fused-ring (bicyclic) bond motifs is 4. The number of aromatic nitrogens is 4. The number of nitrogens with one attached hydrogen (secondary N) is 5. The summed E-state index contributed by atoms with van der Waals surface area (Å²) in [4.78, 5) is 76.6. The number of thioether (sulfide) groups is 1. The number of benzene rings is 8. The number of hydrogen-bond acceptors (Lipinski definition) is 24. The molecule has 4 aliphatic heterocycles. The highest BCUT2D eigenvalue weighted by Gasteiger charge is 2.55. The molecule has 0 spiro atoms. The molecule has 4 aromatic heterocycles. The van der Waals surface area contributed by atoms with E-state index in [0.717, 1.165) is 127 Å². The van der Waals surface area contributed by atoms with Crippen molar-refractivity contribution in [1.29, 1.82) is 0 Å². The van der Waals surface area contributed by atoms with Crippen LogP contribution in [0.5, 0.6) is 46.0 Å². The van der Waals surface area contributed by atoms with Crippen molar-refractivity contribution in [3.8, 4) is 46.0 Å². The maximum Gasteiger partial charge on any atom is 0.236 e. The second-order valence-corrected chi connectivity index (χ2v) is 34.8. The molecule has 8 aliphatic rings. The summed E-state index contributed by atoms with van der Waals surface area (Å²) in [6.07, 6.45) is 15.8. The van der Waals surface area contributed by atoms with Crippen molar-refractivity contribution in [3.63, 3.8) is 0 Å². The molecule has 4 amide bonds. The van der Waals surface area contributed by atoms with Crippen LogP contribution in [0.25, 0.3) is 0 Å². The lowest BCUT2D eigenvalue weighted by Crippen LogP contribution is -2.27. The van der Waals surface area contributed by atoms with Crippen molar-refractivity contribution in [2.45, 2.75) is 207 Å². The third kappa shape index (κ3) is 25.5. The predicted molar refractivity (Wildman–Crippen MR) is 544 cm³/mol. The third-order valence-corrected chi connectivity index (χ3v) is 27.2. The van der Waals surface area contributed by atoms with Gasteiger partial charge in [-0.25, -0.2) is 19.9 Å². The van der Waals surface area contributed by atoms with Gasteiger partial charge in [-0.2, -0.15) is 11.8 Å². The van der Waals surface area contributed by atoms with E-state index in [1.165, 1.54) is 56.5 Å². The molecule has 4 fully saturated rings. The second-order valence-electron chi connectivity index (χ2n) is 29.7. The molecule has 0 radical (unpaired) electrons. The topological polar surface area (TPSA) is 266 Å². The quantitative estimate of drug-likeness (QED) is 0.0376. The minimum atomic E-state index is -0.521. The van der Waals surface area contributed by atoms with Gasteiger partial charge in [-0.15, -0.1) is 11.3 Å². The summed E-state index contributed by atoms with van der Waals surface area (Å²) in [5, 5.41) is 18.1. The SMILES string of the molecule is CC.CC.CC.CC.CC.CC.CC.CC.CN(C)C(c1ccccc1)c1cnc(NC(=O)C2(c3ccc4c(c3)OCO4)CC2)s1.CNC(c1ccccc1)c1cnc(NC(=O)C2(c3ccc4c(c3)OCO4)CC2)s1.COC(c1ccccc1)c1cnc(NC(=O)C2(c3ccc4c(c3)OCO4)CC2)s1.CSC(c1ccccc1)c1cnc(NC(=O)C2(c3ccc4c(c3)OCO4)CC2)s1. The van der Waals surface area contributed by atoms with E-state index in [0.29, 0.717) is 43.5 Å². The maximum absolute atomic E-state index is 13.2. The highest BCUT2D eigenvalue weighted by atomic mass is 32.2. The van der Waals surface area contributed by atoms with Crippen LogP contribution in [0.15, 0.2) is 219 Å². The van der Waals surface area contributed by atoms with Crippen molar-refractivity contribution < 1.29 is 61.8 Å². The minimum absolute atomic E-state index is 0.00215. The van der Waals surface area contributed by atoms with Gasteiger partial charge in [-0.1, -0.05) is 290 Å². The van der Waals surface area contributed by atoms with Crippen LogP contribution in [0.4, 0.5) is 20.5 Å². The monoisotopic (exact) mass is 1900 g/mol. The summed E-state index contributed by atoms with van der Waals surface area (Å²) in [7, 11) is 7.70. The summed E-state index contributed by atoms with van der Waals surface area (Å²) in [6, 6.07) is 64.0. The van der Waals surface area contributed by atoms with Gasteiger partial charge in [0.2, 0.25) is 50.8 Å². The fourth-order valence-corrected chi connectivity index (χ4v) is 20.1. The Morgan fingerprint density at radius 1 is 0.346 bits per heavy atom. The van der Waals surface area contributed by atoms with Crippen LogP contribution in [0, 0.1) is 0 Å². The largest absolute Gasteiger partial charge is 0.454 e. The van der Waals surface area contributed by atoms with Crippen molar-refractivity contribution in [2.75, 3.05) is 82.9 Å². The van der Waals surface area contributed by atoms with Crippen LogP contribution >= 0.6 is 57.1 Å². The summed E-state index contributed by atoms with van der Waals surface area (Å²) >= 11 is 7.76. The summed E-state index contributed by atoms with van der Waals surface area (Å²) in [6.45, 7) is 32.9. The zero-order chi connectivity index (χ0) is 96.3. The lowest BCUT2D eigenvalue weighted by Gasteiger charge is -2.23. The number of carbonyl (C=O) groups excluding carboxylic acids is 4. The minimum Gasteiger partial charge on any atom is -0.454 e. The molecule has 28 heteroatoms. The second kappa shape index (κ2) is 51.9. The molecule has 8 aromatic carbocycles. The zero-order valence-corrected chi connectivity index (χ0v) is 84.7. The van der Waals surface area contributed by atoms with Gasteiger partial charge in [0.05, 0.1) is 43.9 Å². The third-order valence-electron chi connectivity index (χ3n) is 22.2. The first kappa shape index (κ1) is 105. The normalized spacial score (nSPS) is 15.3. The van der Waals surface area contributed by atoms with Gasteiger partial charge in [-0.3, -0.25) is 24.1 Å². The van der Waals surface area contributed by atoms with Crippen LogP contribution in [0.3, 0.4) is 0 Å². The van der Waals surface area contributed by atoms with Gasteiger partial charge in [0, 0.05) is 46.5 Å². The van der Waals surface area contributed by atoms with E-state index < -0.39 is 21.7 Å². The van der Waals surface area contributed by atoms with Crippen molar-refractivity contribution in [3.05, 3.63) is 283 Å². The average molecular weight is 1900 g/mol. The van der Waals surface area contributed by atoms with Gasteiger partial charge in [-0.05, 0) is 172 Å². The van der Waals surface area contributed by atoms with E-state index in [9.17, 15) is 19.2 Å². The Bertz CT molecular complexity index is 5180. The lowest BCUT2D eigenvalue weighted by molar-refractivity contribution is -0.119. The van der Waals surface area contributed by atoms with Gasteiger partial charge < -0.3 is 69.2 Å². The first-order valence-electron chi connectivity index (χ1n) is 46.4. The van der Waals surface area contributed by atoms with Crippen LogP contribution in [0.1, 0.15) is 250 Å². The Morgan fingerprint density at radius 3 is 0.910 bits per heavy atom. The van der Waals surface area contributed by atoms with Crippen molar-refractivity contribution in [1.82, 2.24) is 30.2 Å². The van der Waals surface area contributed by atoms with Gasteiger partial charge in [0.1, 0.15) is 6.10 Å². The molecule has 4 saturated carbocycles. The number of nitrogens with zero attached hydrogens (tertiary/aromatic N) is 5. The molecule has 4 unspecified atom stereocenters. The molecule has 133 heavy (non-hydrogen) atoms. The highest BCUT2D eigenvalue weighted by molar-refractivity contribution is 7.99. The number of anilines is 4. The molecule has 0 saturated heterocycles. The Labute approximate surface area is 806 Å². The van der Waals surface area contributed by atoms with E-state index in [-0.39, 0.29) is 74.2 Å². The molecule has 8 heterocycles. The number of rotatable bonds is 24. The van der Waals surface area contributed by atoms with E-state index in [4.69, 9.17) is 42.6 Å². The van der Waals surface area contributed by atoms with Gasteiger partial charge in [0.15, 0.2) is 66.5 Å². The molecule has 4 aliphatic carbocycles. The lowest BCUT2D eigenvalue weighted by atomic mass is 9.94. The van der Waals surface area contributed by atoms with Crippen LogP contribution in [0.2, 0.25) is 0 Å². The first-order valence-corrected chi connectivity index (χ1v) is 51.0. The van der Waals surface area contributed by atoms with Gasteiger partial charge >= 0.3 is 0 Å². The Balaban J connectivity index is 0.000000189. The number of ether oxygens (including phenoxy) is 9. The first-order chi connectivity index (χ1) is 65.1. The van der Waals surface area contributed by atoms with Crippen LogP contribution in [-0.4, -0.2) is 110 Å². The number of methoxy groups -OCH3 is 1. The van der Waals surface area contributed by atoms with Crippen LogP contribution < -0.4 is 64.5 Å². The summed E-state index contributed by atoms with van der Waals surface area (Å²) in [5.41, 5.74) is 6.48. The Hall–Kier alpha value is -11.2. The summed E-state index contributed by atoms with van der Waals surface area (Å²) in [5.74, 6) is 5.68. The smallest absolute Gasteiger partial charge is 0.236 e. The Morgan fingerprint density at radius 2 is 0.609 bits per heavy atom. The van der Waals surface area contributed by atoms with E-state index in [1.807, 2.05) is 294 Å². The predicted octanol–water partition coefficient (Wildman–Crippen LogP) is 25.5. The number of carbonyl (C=O) groups is 4. The molecular formula is C105H132N10O13S5. The molecule has 12 aromatic rings. The Kier molecular flexibility index (Phi) is 41.1. The summed E-state index contributed by atoms with van der Waals surface area (Å²) < 4.78 is 49.1. The van der Waals surface area contributed by atoms with E-state index >= 15 is 0 Å². The molecule has 0 bridgehead atoms. The average Bonchev–Trinajstić information content (AvgIpc) is 1.60. The molecule has 710 valence electrons. The number of thiazole rings is 4. The zero-order valence-electron chi connectivity index (χ0n) is 80.7. The standard InChI is InChI=1S/C23H23N3O3S.C22H21N3O3S.C22H20N2O4S.C22H20N2O3S2.8C2H6/c1-26(2)20(15-6-4-3-5-7-15)19-13-24-22(30-19)25-21(27)23(10-11-23)16-8-9-17-18(12-16)29-14-28-17;1-23-19(14-5-3-2-4-6-14)18-12-24-21(29-18)25-20(26)22(9-10-22)15-7-8-16-17(11-15)28-13-27-16;1-26-19(14-5-3-2-4-6-14)18-12-23-21(29-18)24-20(25)22(9-10-22)15-7-8-16-17(11-15)28-13-27-16;1-28-19(14-5-3-2-4-6-14)18-12-23-21(29-18)24-20(25)22(9-10-22)15-7-8-16-17(11-15)27-13-26-16;8*1-2/h3-9,12-13,20H,10-11,14H2,1-2H3,(H,24,25,27);2-8,11-12,19,23H,9-10,13H2,1H3,(H,24,25,26);2*2-8,11-12,19H,9-10,13H2,1H3,(H,23,24,25);8*1-2H3. The van der Waals surface area contributed by atoms with E-state index in [1.54, 1.807) is 25.1 Å². The number of hydrogen-bond donors (Lipinski definition) is 5. The molecule has 23 nitrogen and oxygen atoms in total. The van der Waals surface area contributed by atoms with Crippen LogP contribution in [-0.2, 0) is 45.6 Å².